The Hall–Kier alpha value is -2.81. The monoisotopic (exact) mass is 306 g/mol. The molecule has 0 atom stereocenters. The van der Waals surface area contributed by atoms with Crippen molar-refractivity contribution < 1.29 is 4.39 Å². The lowest BCUT2D eigenvalue weighted by molar-refractivity contribution is 0.629. The van der Waals surface area contributed by atoms with Gasteiger partial charge in [-0.05, 0) is 18.2 Å². The fraction of sp³-hybridized carbons (Fsp3) is 0. The Morgan fingerprint density at radius 2 is 2.10 bits per heavy atom. The molecule has 10 heteroatoms. The van der Waals surface area contributed by atoms with Crippen molar-refractivity contribution in [3.8, 4) is 5.95 Å². The van der Waals surface area contributed by atoms with Crippen molar-refractivity contribution >= 4 is 29.2 Å². The minimum atomic E-state index is -0.555. The van der Waals surface area contributed by atoms with E-state index in [1.54, 1.807) is 6.07 Å². The van der Waals surface area contributed by atoms with E-state index in [0.717, 1.165) is 0 Å². The summed E-state index contributed by atoms with van der Waals surface area (Å²) in [5, 5.41) is 6.73. The molecular formula is C11H8ClFN8. The van der Waals surface area contributed by atoms with Crippen molar-refractivity contribution in [1.29, 1.82) is 0 Å². The zero-order chi connectivity index (χ0) is 14.8. The Labute approximate surface area is 122 Å². The number of nitrogens with one attached hydrogen (secondary N) is 1. The standard InChI is InChI=1S/C11H8ClFN8/c12-7-2-1-6(3-8(7)13)17-10-18-9(14)19-11(20-10)21-5-15-4-16-21/h1-5H,(H3,14,17,18,19,20). The van der Waals surface area contributed by atoms with E-state index in [4.69, 9.17) is 17.3 Å². The second-order valence-corrected chi connectivity index (χ2v) is 4.32. The Morgan fingerprint density at radius 1 is 1.24 bits per heavy atom. The van der Waals surface area contributed by atoms with E-state index >= 15 is 0 Å². The van der Waals surface area contributed by atoms with E-state index in [2.05, 4.69) is 30.4 Å². The van der Waals surface area contributed by atoms with E-state index in [-0.39, 0.29) is 22.9 Å². The van der Waals surface area contributed by atoms with Crippen LogP contribution in [0.25, 0.3) is 5.95 Å². The van der Waals surface area contributed by atoms with Gasteiger partial charge in [0.15, 0.2) is 0 Å². The van der Waals surface area contributed by atoms with Gasteiger partial charge in [-0.2, -0.15) is 24.7 Å². The number of benzene rings is 1. The SMILES string of the molecule is Nc1nc(Nc2ccc(Cl)c(F)c2)nc(-n2cncn2)n1. The number of nitrogens with zero attached hydrogens (tertiary/aromatic N) is 6. The molecule has 21 heavy (non-hydrogen) atoms. The molecule has 106 valence electrons. The Kier molecular flexibility index (Phi) is 3.32. The van der Waals surface area contributed by atoms with Gasteiger partial charge in [0, 0.05) is 5.69 Å². The summed E-state index contributed by atoms with van der Waals surface area (Å²) in [6.07, 6.45) is 2.75. The normalized spacial score (nSPS) is 10.6. The number of halogens is 2. The average molecular weight is 307 g/mol. The molecule has 2 aromatic heterocycles. The van der Waals surface area contributed by atoms with Crippen LogP contribution in [0.2, 0.25) is 5.02 Å². The Bertz CT molecular complexity index is 776. The predicted octanol–water partition coefficient (Wildman–Crippen LogP) is 1.57. The van der Waals surface area contributed by atoms with Crippen molar-refractivity contribution in [1.82, 2.24) is 29.7 Å². The zero-order valence-corrected chi connectivity index (χ0v) is 11.2. The van der Waals surface area contributed by atoms with Crippen LogP contribution in [0.5, 0.6) is 0 Å². The van der Waals surface area contributed by atoms with Gasteiger partial charge in [0.05, 0.1) is 5.02 Å². The molecule has 0 radical (unpaired) electrons. The lowest BCUT2D eigenvalue weighted by Crippen LogP contribution is -2.09. The van der Waals surface area contributed by atoms with Crippen LogP contribution in [-0.2, 0) is 0 Å². The number of hydrogen-bond donors (Lipinski definition) is 2. The minimum Gasteiger partial charge on any atom is -0.368 e. The van der Waals surface area contributed by atoms with Crippen LogP contribution in [0, 0.1) is 5.82 Å². The Morgan fingerprint density at radius 3 is 2.81 bits per heavy atom. The third kappa shape index (κ3) is 2.87. The second kappa shape index (κ2) is 5.29. The molecular weight excluding hydrogens is 299 g/mol. The molecule has 0 unspecified atom stereocenters. The molecule has 0 spiro atoms. The predicted molar refractivity (Wildman–Crippen MR) is 73.8 cm³/mol. The van der Waals surface area contributed by atoms with E-state index in [0.29, 0.717) is 5.69 Å². The summed E-state index contributed by atoms with van der Waals surface area (Å²) in [6.45, 7) is 0. The van der Waals surface area contributed by atoms with Crippen molar-refractivity contribution in [2.24, 2.45) is 0 Å². The molecule has 2 heterocycles. The average Bonchev–Trinajstić information content (AvgIpc) is 2.96. The molecule has 3 rings (SSSR count). The van der Waals surface area contributed by atoms with Crippen LogP contribution in [0.4, 0.5) is 22.0 Å². The van der Waals surface area contributed by atoms with Gasteiger partial charge in [0.25, 0.3) is 5.95 Å². The quantitative estimate of drug-likeness (QED) is 0.756. The van der Waals surface area contributed by atoms with Gasteiger partial charge >= 0.3 is 0 Å². The largest absolute Gasteiger partial charge is 0.368 e. The highest BCUT2D eigenvalue weighted by Gasteiger charge is 2.08. The first-order valence-electron chi connectivity index (χ1n) is 5.70. The number of rotatable bonds is 3. The molecule has 3 N–H and O–H groups in total. The highest BCUT2D eigenvalue weighted by molar-refractivity contribution is 6.30. The summed E-state index contributed by atoms with van der Waals surface area (Å²) in [4.78, 5) is 15.8. The number of nitrogen functional groups attached to an aromatic ring is 1. The molecule has 8 nitrogen and oxygen atoms in total. The first-order chi connectivity index (χ1) is 10.1. The van der Waals surface area contributed by atoms with Gasteiger partial charge in [-0.15, -0.1) is 0 Å². The van der Waals surface area contributed by atoms with E-state index in [1.807, 2.05) is 0 Å². The van der Waals surface area contributed by atoms with Gasteiger partial charge < -0.3 is 11.1 Å². The molecule has 0 fully saturated rings. The number of anilines is 3. The molecule has 1 aromatic carbocycles. The summed E-state index contributed by atoms with van der Waals surface area (Å²) < 4.78 is 14.7. The van der Waals surface area contributed by atoms with Crippen molar-refractivity contribution in [3.63, 3.8) is 0 Å². The lowest BCUT2D eigenvalue weighted by atomic mass is 10.3. The van der Waals surface area contributed by atoms with Crippen LogP contribution in [0.1, 0.15) is 0 Å². The highest BCUT2D eigenvalue weighted by atomic mass is 35.5. The third-order valence-electron chi connectivity index (χ3n) is 2.44. The van der Waals surface area contributed by atoms with Gasteiger partial charge in [-0.25, -0.2) is 9.37 Å². The van der Waals surface area contributed by atoms with Crippen LogP contribution in [0.3, 0.4) is 0 Å². The van der Waals surface area contributed by atoms with Crippen molar-refractivity contribution in [3.05, 3.63) is 41.7 Å². The summed E-state index contributed by atoms with van der Waals surface area (Å²) in [5.41, 5.74) is 6.04. The van der Waals surface area contributed by atoms with E-state index < -0.39 is 5.82 Å². The fourth-order valence-corrected chi connectivity index (χ4v) is 1.67. The van der Waals surface area contributed by atoms with Gasteiger partial charge in [0.1, 0.15) is 18.5 Å². The molecule has 0 bridgehead atoms. The fourth-order valence-electron chi connectivity index (χ4n) is 1.55. The van der Waals surface area contributed by atoms with Crippen LogP contribution in [-0.4, -0.2) is 29.7 Å². The molecule has 3 aromatic rings. The zero-order valence-electron chi connectivity index (χ0n) is 10.4. The third-order valence-corrected chi connectivity index (χ3v) is 2.75. The summed E-state index contributed by atoms with van der Waals surface area (Å²) in [5.74, 6) is -0.223. The van der Waals surface area contributed by atoms with Gasteiger partial charge in [-0.3, -0.25) is 0 Å². The smallest absolute Gasteiger partial charge is 0.258 e. The Balaban J connectivity index is 1.93. The lowest BCUT2D eigenvalue weighted by Gasteiger charge is -2.07. The summed E-state index contributed by atoms with van der Waals surface area (Å²) in [7, 11) is 0. The maximum atomic E-state index is 13.4. The van der Waals surface area contributed by atoms with Crippen molar-refractivity contribution in [2.45, 2.75) is 0 Å². The van der Waals surface area contributed by atoms with E-state index in [9.17, 15) is 4.39 Å². The first kappa shape index (κ1) is 13.2. The van der Waals surface area contributed by atoms with Crippen LogP contribution < -0.4 is 11.1 Å². The molecule has 0 aliphatic heterocycles. The molecule has 0 saturated heterocycles. The molecule has 0 amide bonds. The van der Waals surface area contributed by atoms with Crippen molar-refractivity contribution in [2.75, 3.05) is 11.1 Å². The molecule has 0 saturated carbocycles. The maximum absolute atomic E-state index is 13.4. The van der Waals surface area contributed by atoms with Crippen LogP contribution >= 0.6 is 11.6 Å². The van der Waals surface area contributed by atoms with Gasteiger partial charge in [0.2, 0.25) is 11.9 Å². The summed E-state index contributed by atoms with van der Waals surface area (Å²) in [6, 6.07) is 4.22. The number of hydrogen-bond acceptors (Lipinski definition) is 7. The first-order valence-corrected chi connectivity index (χ1v) is 6.08. The summed E-state index contributed by atoms with van der Waals surface area (Å²) >= 11 is 5.62. The van der Waals surface area contributed by atoms with E-state index in [1.165, 1.54) is 29.5 Å². The molecule has 0 aliphatic rings. The second-order valence-electron chi connectivity index (χ2n) is 3.91. The number of aromatic nitrogens is 6. The minimum absolute atomic E-state index is 0.00700. The van der Waals surface area contributed by atoms with Crippen LogP contribution in [0.15, 0.2) is 30.9 Å². The number of nitrogens with two attached hydrogens (primary N) is 1. The highest BCUT2D eigenvalue weighted by Crippen LogP contribution is 2.21. The topological polar surface area (TPSA) is 107 Å². The molecule has 0 aliphatic carbocycles. The van der Waals surface area contributed by atoms with Gasteiger partial charge in [-0.1, -0.05) is 11.6 Å². The maximum Gasteiger partial charge on any atom is 0.258 e.